The van der Waals surface area contributed by atoms with Gasteiger partial charge in [-0.05, 0) is 41.5 Å². The van der Waals surface area contributed by atoms with Crippen LogP contribution < -0.4 is 9.46 Å². The summed E-state index contributed by atoms with van der Waals surface area (Å²) >= 11 is 0. The molecule has 0 aliphatic rings. The zero-order chi connectivity index (χ0) is 20.1. The van der Waals surface area contributed by atoms with Gasteiger partial charge >= 0.3 is 0 Å². The maximum atomic E-state index is 12.7. The van der Waals surface area contributed by atoms with Crippen LogP contribution in [0.2, 0.25) is 0 Å². The molecule has 6 heteroatoms. The zero-order valence-corrected chi connectivity index (χ0v) is 16.2. The number of nitrogens with zero attached hydrogens (tertiary/aromatic N) is 1. The standard InChI is InChI=1S/C23H18N2O3S/c26-29(27,21-14-8-3-9-15-21)25-22-16-19(18-10-4-1-5-11-18)17-23(24-22)28-20-12-6-2-7-13-20/h1-17H,(H,24,25). The van der Waals surface area contributed by atoms with E-state index in [4.69, 9.17) is 4.74 Å². The minimum Gasteiger partial charge on any atom is -0.439 e. The molecule has 4 aromatic rings. The number of para-hydroxylation sites is 1. The summed E-state index contributed by atoms with van der Waals surface area (Å²) in [6.45, 7) is 0. The van der Waals surface area contributed by atoms with E-state index in [0.717, 1.165) is 11.1 Å². The predicted molar refractivity (Wildman–Crippen MR) is 113 cm³/mol. The van der Waals surface area contributed by atoms with Gasteiger partial charge < -0.3 is 4.74 Å². The monoisotopic (exact) mass is 402 g/mol. The number of hydrogen-bond acceptors (Lipinski definition) is 4. The van der Waals surface area contributed by atoms with Gasteiger partial charge in [0.05, 0.1) is 4.90 Å². The number of aromatic nitrogens is 1. The minimum atomic E-state index is -3.77. The molecule has 0 aliphatic carbocycles. The summed E-state index contributed by atoms with van der Waals surface area (Å²) in [4.78, 5) is 4.52. The molecule has 0 atom stereocenters. The van der Waals surface area contributed by atoms with Gasteiger partial charge in [-0.3, -0.25) is 4.72 Å². The lowest BCUT2D eigenvalue weighted by atomic mass is 10.1. The first-order valence-corrected chi connectivity index (χ1v) is 10.5. The average Bonchev–Trinajstić information content (AvgIpc) is 2.75. The Morgan fingerprint density at radius 3 is 1.93 bits per heavy atom. The Morgan fingerprint density at radius 2 is 1.28 bits per heavy atom. The van der Waals surface area contributed by atoms with Crippen molar-refractivity contribution >= 4 is 15.8 Å². The van der Waals surface area contributed by atoms with E-state index in [1.54, 1.807) is 30.3 Å². The maximum absolute atomic E-state index is 12.7. The lowest BCUT2D eigenvalue weighted by Gasteiger charge is -2.12. The normalized spacial score (nSPS) is 11.0. The first-order valence-electron chi connectivity index (χ1n) is 8.98. The molecule has 0 amide bonds. The number of nitrogens with one attached hydrogen (secondary N) is 1. The molecule has 29 heavy (non-hydrogen) atoms. The summed E-state index contributed by atoms with van der Waals surface area (Å²) in [5.41, 5.74) is 1.71. The molecule has 0 aliphatic heterocycles. The van der Waals surface area contributed by atoms with Crippen LogP contribution in [0.1, 0.15) is 0 Å². The third-order valence-corrected chi connectivity index (χ3v) is 5.54. The molecule has 1 heterocycles. The molecule has 0 radical (unpaired) electrons. The van der Waals surface area contributed by atoms with Crippen LogP contribution in [0.25, 0.3) is 11.1 Å². The Balaban J connectivity index is 1.73. The van der Waals surface area contributed by atoms with Gasteiger partial charge in [0.25, 0.3) is 10.0 Å². The Labute approximate surface area is 169 Å². The highest BCUT2D eigenvalue weighted by atomic mass is 32.2. The molecule has 0 saturated heterocycles. The summed E-state index contributed by atoms with van der Waals surface area (Å²) in [5, 5.41) is 0. The second-order valence-corrected chi connectivity index (χ2v) is 7.96. The number of sulfonamides is 1. The van der Waals surface area contributed by atoms with Crippen molar-refractivity contribution in [3.63, 3.8) is 0 Å². The van der Waals surface area contributed by atoms with Crippen LogP contribution in [-0.4, -0.2) is 13.4 Å². The van der Waals surface area contributed by atoms with Crippen molar-refractivity contribution in [3.05, 3.63) is 103 Å². The number of rotatable bonds is 6. The summed E-state index contributed by atoms with van der Waals surface area (Å²) in [6, 6.07) is 30.5. The molecule has 1 N–H and O–H groups in total. The van der Waals surface area contributed by atoms with Crippen LogP contribution in [0, 0.1) is 0 Å². The van der Waals surface area contributed by atoms with Crippen LogP contribution >= 0.6 is 0 Å². The summed E-state index contributed by atoms with van der Waals surface area (Å²) < 4.78 is 33.9. The van der Waals surface area contributed by atoms with Crippen molar-refractivity contribution in [2.45, 2.75) is 4.90 Å². The lowest BCUT2D eigenvalue weighted by Crippen LogP contribution is -2.14. The SMILES string of the molecule is O=S(=O)(Nc1cc(-c2ccccc2)cc(Oc2ccccc2)n1)c1ccccc1. The topological polar surface area (TPSA) is 68.3 Å². The van der Waals surface area contributed by atoms with Crippen molar-refractivity contribution < 1.29 is 13.2 Å². The summed E-state index contributed by atoms with van der Waals surface area (Å²) in [5.74, 6) is 1.09. The number of benzene rings is 3. The van der Waals surface area contributed by atoms with Crippen LogP contribution in [0.3, 0.4) is 0 Å². The van der Waals surface area contributed by atoms with Gasteiger partial charge in [0, 0.05) is 6.07 Å². The molecule has 4 rings (SSSR count). The average molecular weight is 402 g/mol. The quantitative estimate of drug-likeness (QED) is 0.473. The molecular formula is C23H18N2O3S. The van der Waals surface area contributed by atoms with Crippen molar-refractivity contribution in [1.82, 2.24) is 4.98 Å². The van der Waals surface area contributed by atoms with Gasteiger partial charge in [0.2, 0.25) is 5.88 Å². The summed E-state index contributed by atoms with van der Waals surface area (Å²) in [6.07, 6.45) is 0. The third-order valence-electron chi connectivity index (χ3n) is 4.17. The predicted octanol–water partition coefficient (Wildman–Crippen LogP) is 5.34. The van der Waals surface area contributed by atoms with Gasteiger partial charge in [-0.25, -0.2) is 8.42 Å². The van der Waals surface area contributed by atoms with Crippen molar-refractivity contribution in [2.75, 3.05) is 4.72 Å². The number of anilines is 1. The van der Waals surface area contributed by atoms with E-state index < -0.39 is 10.0 Å². The third kappa shape index (κ3) is 4.62. The van der Waals surface area contributed by atoms with Crippen LogP contribution in [0.15, 0.2) is 108 Å². The minimum absolute atomic E-state index is 0.164. The molecule has 0 fully saturated rings. The highest BCUT2D eigenvalue weighted by Gasteiger charge is 2.16. The molecular weight excluding hydrogens is 384 g/mol. The van der Waals surface area contributed by atoms with Crippen LogP contribution in [0.4, 0.5) is 5.82 Å². The van der Waals surface area contributed by atoms with Gasteiger partial charge in [-0.1, -0.05) is 66.7 Å². The second kappa shape index (κ2) is 8.16. The smallest absolute Gasteiger partial charge is 0.263 e. The number of hydrogen-bond donors (Lipinski definition) is 1. The number of ether oxygens (including phenoxy) is 1. The molecule has 5 nitrogen and oxygen atoms in total. The molecule has 0 bridgehead atoms. The number of pyridine rings is 1. The van der Waals surface area contributed by atoms with Gasteiger partial charge in [-0.2, -0.15) is 4.98 Å². The van der Waals surface area contributed by atoms with E-state index in [-0.39, 0.29) is 10.7 Å². The Hall–Kier alpha value is -3.64. The summed E-state index contributed by atoms with van der Waals surface area (Å²) in [7, 11) is -3.77. The largest absolute Gasteiger partial charge is 0.439 e. The van der Waals surface area contributed by atoms with Gasteiger partial charge in [-0.15, -0.1) is 0 Å². The van der Waals surface area contributed by atoms with Gasteiger partial charge in [0.15, 0.2) is 0 Å². The Morgan fingerprint density at radius 1 is 0.690 bits per heavy atom. The van der Waals surface area contributed by atoms with E-state index in [0.29, 0.717) is 11.6 Å². The van der Waals surface area contributed by atoms with Crippen molar-refractivity contribution in [2.24, 2.45) is 0 Å². The molecule has 3 aromatic carbocycles. The second-order valence-electron chi connectivity index (χ2n) is 6.28. The van der Waals surface area contributed by atoms with Gasteiger partial charge in [0.1, 0.15) is 11.6 Å². The maximum Gasteiger partial charge on any atom is 0.263 e. The Kier molecular flexibility index (Phi) is 5.27. The Bertz CT molecular complexity index is 1200. The van der Waals surface area contributed by atoms with E-state index in [1.807, 2.05) is 60.7 Å². The van der Waals surface area contributed by atoms with Crippen LogP contribution in [0.5, 0.6) is 11.6 Å². The van der Waals surface area contributed by atoms with E-state index in [1.165, 1.54) is 12.1 Å². The first-order chi connectivity index (χ1) is 14.1. The fourth-order valence-electron chi connectivity index (χ4n) is 2.81. The highest BCUT2D eigenvalue weighted by molar-refractivity contribution is 7.92. The van der Waals surface area contributed by atoms with E-state index in [2.05, 4.69) is 9.71 Å². The first kappa shape index (κ1) is 18.7. The molecule has 144 valence electrons. The van der Waals surface area contributed by atoms with E-state index in [9.17, 15) is 8.42 Å². The van der Waals surface area contributed by atoms with E-state index >= 15 is 0 Å². The molecule has 0 saturated carbocycles. The molecule has 1 aromatic heterocycles. The fraction of sp³-hybridized carbons (Fsp3) is 0. The molecule has 0 spiro atoms. The highest BCUT2D eigenvalue weighted by Crippen LogP contribution is 2.29. The fourth-order valence-corrected chi connectivity index (χ4v) is 3.83. The van der Waals surface area contributed by atoms with Crippen LogP contribution in [-0.2, 0) is 10.0 Å². The zero-order valence-electron chi connectivity index (χ0n) is 15.4. The lowest BCUT2D eigenvalue weighted by molar-refractivity contribution is 0.464. The van der Waals surface area contributed by atoms with Crippen molar-refractivity contribution in [1.29, 1.82) is 0 Å². The van der Waals surface area contributed by atoms with Crippen molar-refractivity contribution in [3.8, 4) is 22.8 Å². The molecule has 0 unspecified atom stereocenters.